The van der Waals surface area contributed by atoms with Crippen LogP contribution in [0, 0.1) is 12.8 Å². The molecule has 7 nitrogen and oxygen atoms in total. The van der Waals surface area contributed by atoms with Crippen molar-refractivity contribution in [3.05, 3.63) is 35.7 Å². The van der Waals surface area contributed by atoms with Gasteiger partial charge in [0.2, 0.25) is 5.91 Å². The van der Waals surface area contributed by atoms with E-state index in [1.54, 1.807) is 25.0 Å². The van der Waals surface area contributed by atoms with E-state index in [0.717, 1.165) is 23.4 Å². The van der Waals surface area contributed by atoms with Gasteiger partial charge in [-0.1, -0.05) is 0 Å². The van der Waals surface area contributed by atoms with Crippen LogP contribution in [0.15, 0.2) is 24.5 Å². The Labute approximate surface area is 159 Å². The largest absolute Gasteiger partial charge is 0.493 e. The van der Waals surface area contributed by atoms with Gasteiger partial charge in [0.1, 0.15) is 0 Å². The molecule has 3 rings (SSSR count). The maximum atomic E-state index is 12.9. The third-order valence-electron chi connectivity index (χ3n) is 4.69. The first-order chi connectivity index (χ1) is 12.0. The summed E-state index contributed by atoms with van der Waals surface area (Å²) >= 11 is 0. The Bertz CT molecular complexity index is 778. The van der Waals surface area contributed by atoms with Gasteiger partial charge in [0.05, 0.1) is 26.3 Å². The zero-order valence-corrected chi connectivity index (χ0v) is 16.2. The number of hydrogen-bond acceptors (Lipinski definition) is 5. The minimum Gasteiger partial charge on any atom is -0.493 e. The van der Waals surface area contributed by atoms with Gasteiger partial charge in [-0.2, -0.15) is 5.10 Å². The fraction of sp³-hybridized carbons (Fsp3) is 0.444. The Morgan fingerprint density at radius 1 is 1.27 bits per heavy atom. The zero-order chi connectivity index (χ0) is 18.0. The average molecular weight is 381 g/mol. The van der Waals surface area contributed by atoms with Gasteiger partial charge >= 0.3 is 0 Å². The lowest BCUT2D eigenvalue weighted by molar-refractivity contribution is -0.119. The molecule has 2 heterocycles. The molecule has 0 radical (unpaired) electrons. The van der Waals surface area contributed by atoms with Crippen LogP contribution in [0.25, 0.3) is 0 Å². The van der Waals surface area contributed by atoms with E-state index in [1.165, 1.54) is 0 Å². The number of benzene rings is 1. The number of methoxy groups -OCH3 is 2. The quantitative estimate of drug-likeness (QED) is 0.830. The van der Waals surface area contributed by atoms with Crippen molar-refractivity contribution in [2.24, 2.45) is 13.0 Å². The van der Waals surface area contributed by atoms with Crippen LogP contribution in [-0.4, -0.2) is 43.0 Å². The second kappa shape index (κ2) is 8.42. The number of nitrogens with one attached hydrogen (secondary N) is 2. The Kier molecular flexibility index (Phi) is 6.50. The Balaban J connectivity index is 0.00000243. The lowest BCUT2D eigenvalue weighted by Gasteiger charge is -2.19. The number of carbonyl (C=O) groups is 1. The Hall–Kier alpha value is -2.25. The van der Waals surface area contributed by atoms with E-state index in [2.05, 4.69) is 15.7 Å². The number of halogens is 1. The first-order valence-electron chi connectivity index (χ1n) is 8.26. The highest BCUT2D eigenvalue weighted by molar-refractivity contribution is 5.94. The van der Waals surface area contributed by atoms with Gasteiger partial charge in [0.25, 0.3) is 0 Å². The second-order valence-corrected chi connectivity index (χ2v) is 6.33. The molecule has 1 aromatic heterocycles. The van der Waals surface area contributed by atoms with Crippen molar-refractivity contribution < 1.29 is 14.3 Å². The lowest BCUT2D eigenvalue weighted by Crippen LogP contribution is -2.28. The predicted molar refractivity (Wildman–Crippen MR) is 102 cm³/mol. The Morgan fingerprint density at radius 3 is 2.58 bits per heavy atom. The molecule has 1 aromatic carbocycles. The molecule has 1 aliphatic rings. The molecule has 1 amide bonds. The number of hydrogen-bond donors (Lipinski definition) is 2. The first kappa shape index (κ1) is 20.1. The molecule has 0 spiro atoms. The zero-order valence-electron chi connectivity index (χ0n) is 15.4. The van der Waals surface area contributed by atoms with E-state index in [1.807, 2.05) is 32.4 Å². The molecule has 1 aliphatic heterocycles. The van der Waals surface area contributed by atoms with Crippen LogP contribution in [0.2, 0.25) is 0 Å². The SMILES string of the molecule is COc1cc(C)c(NC(=O)[C@H]2CNC[C@@H]2c2cnn(C)c2)cc1OC.Cl. The topological polar surface area (TPSA) is 77.4 Å². The van der Waals surface area contributed by atoms with Crippen LogP contribution in [0.3, 0.4) is 0 Å². The van der Waals surface area contributed by atoms with Crippen molar-refractivity contribution in [3.63, 3.8) is 0 Å². The average Bonchev–Trinajstić information content (AvgIpc) is 3.24. The van der Waals surface area contributed by atoms with Gasteiger partial charge in [-0.15, -0.1) is 12.4 Å². The van der Waals surface area contributed by atoms with Crippen molar-refractivity contribution in [2.45, 2.75) is 12.8 Å². The molecule has 0 aliphatic carbocycles. The van der Waals surface area contributed by atoms with Crippen LogP contribution < -0.4 is 20.1 Å². The highest BCUT2D eigenvalue weighted by atomic mass is 35.5. The van der Waals surface area contributed by atoms with Gasteiger partial charge in [0, 0.05) is 44.0 Å². The molecule has 0 bridgehead atoms. The number of nitrogens with zero attached hydrogens (tertiary/aromatic N) is 2. The molecule has 0 saturated carbocycles. The van der Waals surface area contributed by atoms with Gasteiger partial charge in [-0.05, 0) is 24.1 Å². The van der Waals surface area contributed by atoms with E-state index in [9.17, 15) is 4.79 Å². The summed E-state index contributed by atoms with van der Waals surface area (Å²) < 4.78 is 12.4. The summed E-state index contributed by atoms with van der Waals surface area (Å²) in [6.45, 7) is 3.36. The minimum absolute atomic E-state index is 0. The first-order valence-corrected chi connectivity index (χ1v) is 8.26. The summed E-state index contributed by atoms with van der Waals surface area (Å²) in [7, 11) is 5.06. The molecule has 2 aromatic rings. The maximum absolute atomic E-state index is 12.9. The standard InChI is InChI=1S/C18H24N4O3.ClH/c1-11-5-16(24-3)17(25-4)6-15(11)21-18(23)14-9-19-8-13(14)12-7-20-22(2)10-12;/h5-7,10,13-14,19H,8-9H2,1-4H3,(H,21,23);1H/t13-,14+;/m1./s1. The summed E-state index contributed by atoms with van der Waals surface area (Å²) in [6.07, 6.45) is 3.80. The highest BCUT2D eigenvalue weighted by Crippen LogP contribution is 2.34. The number of carbonyl (C=O) groups excluding carboxylic acids is 1. The molecule has 0 unspecified atom stereocenters. The smallest absolute Gasteiger partial charge is 0.229 e. The van der Waals surface area contributed by atoms with Gasteiger partial charge < -0.3 is 20.1 Å². The van der Waals surface area contributed by atoms with Crippen LogP contribution in [0.4, 0.5) is 5.69 Å². The number of ether oxygens (including phenoxy) is 2. The van der Waals surface area contributed by atoms with Gasteiger partial charge in [0.15, 0.2) is 11.5 Å². The molecular weight excluding hydrogens is 356 g/mol. The summed E-state index contributed by atoms with van der Waals surface area (Å²) in [5.74, 6) is 1.21. The number of rotatable bonds is 5. The summed E-state index contributed by atoms with van der Waals surface area (Å²) in [4.78, 5) is 12.9. The fourth-order valence-electron chi connectivity index (χ4n) is 3.28. The number of aromatic nitrogens is 2. The Morgan fingerprint density at radius 2 is 1.96 bits per heavy atom. The molecule has 142 valence electrons. The molecule has 26 heavy (non-hydrogen) atoms. The third kappa shape index (κ3) is 3.94. The van der Waals surface area contributed by atoms with E-state index in [0.29, 0.717) is 18.0 Å². The normalized spacial score (nSPS) is 18.9. The molecule has 2 atom stereocenters. The van der Waals surface area contributed by atoms with Crippen molar-refractivity contribution in [2.75, 3.05) is 32.6 Å². The van der Waals surface area contributed by atoms with E-state index in [-0.39, 0.29) is 30.2 Å². The number of anilines is 1. The molecule has 8 heteroatoms. The van der Waals surface area contributed by atoms with Gasteiger partial charge in [-0.3, -0.25) is 9.48 Å². The van der Waals surface area contributed by atoms with E-state index in [4.69, 9.17) is 9.47 Å². The fourth-order valence-corrected chi connectivity index (χ4v) is 3.28. The predicted octanol–water partition coefficient (Wildman–Crippen LogP) is 2.11. The summed E-state index contributed by atoms with van der Waals surface area (Å²) in [6, 6.07) is 3.66. The van der Waals surface area contributed by atoms with Crippen LogP contribution in [0.1, 0.15) is 17.0 Å². The van der Waals surface area contributed by atoms with Crippen molar-refractivity contribution >= 4 is 24.0 Å². The van der Waals surface area contributed by atoms with Crippen molar-refractivity contribution in [3.8, 4) is 11.5 Å². The summed E-state index contributed by atoms with van der Waals surface area (Å²) in [5.41, 5.74) is 2.74. The molecule has 2 N–H and O–H groups in total. The van der Waals surface area contributed by atoms with Crippen LogP contribution in [0.5, 0.6) is 11.5 Å². The van der Waals surface area contributed by atoms with Gasteiger partial charge in [-0.25, -0.2) is 0 Å². The van der Waals surface area contributed by atoms with E-state index >= 15 is 0 Å². The van der Waals surface area contributed by atoms with Crippen LogP contribution >= 0.6 is 12.4 Å². The summed E-state index contributed by atoms with van der Waals surface area (Å²) in [5, 5.41) is 10.6. The minimum atomic E-state index is -0.142. The lowest BCUT2D eigenvalue weighted by atomic mass is 9.90. The van der Waals surface area contributed by atoms with Crippen molar-refractivity contribution in [1.29, 1.82) is 0 Å². The van der Waals surface area contributed by atoms with Crippen molar-refractivity contribution in [1.82, 2.24) is 15.1 Å². The number of amides is 1. The highest BCUT2D eigenvalue weighted by Gasteiger charge is 2.35. The monoisotopic (exact) mass is 380 g/mol. The maximum Gasteiger partial charge on any atom is 0.229 e. The van der Waals surface area contributed by atoms with Crippen LogP contribution in [-0.2, 0) is 11.8 Å². The van der Waals surface area contributed by atoms with E-state index < -0.39 is 0 Å². The number of aryl methyl sites for hydroxylation is 2. The molecular formula is C18H25ClN4O3. The molecule has 1 saturated heterocycles. The third-order valence-corrected chi connectivity index (χ3v) is 4.69. The molecule has 1 fully saturated rings. The second-order valence-electron chi connectivity index (χ2n) is 6.33.